The Morgan fingerprint density at radius 2 is 1.59 bits per heavy atom. The second-order valence-electron chi connectivity index (χ2n) is 5.80. The van der Waals surface area contributed by atoms with Crippen molar-refractivity contribution in [3.63, 3.8) is 0 Å². The molecule has 2 heterocycles. The second kappa shape index (κ2) is 6.41. The van der Waals surface area contributed by atoms with Crippen LogP contribution in [0.1, 0.15) is 26.5 Å². The molecule has 4 rings (SSSR count). The van der Waals surface area contributed by atoms with Crippen molar-refractivity contribution in [2.45, 2.75) is 6.42 Å². The van der Waals surface area contributed by atoms with Gasteiger partial charge in [0, 0.05) is 19.0 Å². The van der Waals surface area contributed by atoms with Crippen molar-refractivity contribution in [2.24, 2.45) is 0 Å². The van der Waals surface area contributed by atoms with E-state index in [-0.39, 0.29) is 42.0 Å². The van der Waals surface area contributed by atoms with Gasteiger partial charge < -0.3 is 0 Å². The fourth-order valence-corrected chi connectivity index (χ4v) is 2.89. The molecule has 1 aliphatic heterocycles. The minimum atomic E-state index is -0.531. The first-order valence-electron chi connectivity index (χ1n) is 8.04. The maximum atomic E-state index is 12.3. The van der Waals surface area contributed by atoms with E-state index in [9.17, 15) is 19.7 Å². The zero-order chi connectivity index (χ0) is 19.0. The van der Waals surface area contributed by atoms with Crippen molar-refractivity contribution in [3.8, 4) is 5.69 Å². The smallest absolute Gasteiger partial charge is 0.274 e. The Labute approximate surface area is 152 Å². The molecule has 0 saturated carbocycles. The Bertz CT molecular complexity index is 1040. The molecule has 2 amide bonds. The first kappa shape index (κ1) is 16.5. The number of carbonyl (C=O) groups excluding carboxylic acids is 2. The molecule has 0 spiro atoms. The molecule has 0 fully saturated rings. The van der Waals surface area contributed by atoms with E-state index < -0.39 is 4.92 Å². The van der Waals surface area contributed by atoms with E-state index in [1.54, 1.807) is 36.4 Å². The molecule has 0 radical (unpaired) electrons. The minimum absolute atomic E-state index is 0.0922. The Balaban J connectivity index is 1.51. The van der Waals surface area contributed by atoms with Gasteiger partial charge in [0.25, 0.3) is 17.5 Å². The number of aromatic nitrogens is 4. The van der Waals surface area contributed by atoms with Crippen LogP contribution in [0.2, 0.25) is 0 Å². The summed E-state index contributed by atoms with van der Waals surface area (Å²) in [6.07, 6.45) is 0.187. The molecule has 0 bridgehead atoms. The summed E-state index contributed by atoms with van der Waals surface area (Å²) in [6, 6.07) is 12.6. The molecule has 1 aliphatic rings. The maximum absolute atomic E-state index is 12.3. The minimum Gasteiger partial charge on any atom is -0.274 e. The predicted octanol–water partition coefficient (Wildman–Crippen LogP) is 1.41. The number of nitro groups is 1. The molecule has 3 aromatic rings. The Kier molecular flexibility index (Phi) is 3.92. The molecule has 1 aromatic heterocycles. The van der Waals surface area contributed by atoms with Crippen LogP contribution in [0.25, 0.3) is 5.69 Å². The number of nitrogens with zero attached hydrogens (tertiary/aromatic N) is 6. The number of imide groups is 1. The number of amides is 2. The number of tetrazole rings is 1. The second-order valence-corrected chi connectivity index (χ2v) is 5.80. The van der Waals surface area contributed by atoms with Gasteiger partial charge in [-0.15, -0.1) is 15.0 Å². The van der Waals surface area contributed by atoms with E-state index in [2.05, 4.69) is 15.4 Å². The standard InChI is InChI=1S/C17H12N6O4/c24-16-11-5-1-2-6-12(11)17(25)21(16)10-9-15-18-20-22(19-15)13-7-3-4-8-14(13)23(26)27/h1-8H,9-10H2. The summed E-state index contributed by atoms with van der Waals surface area (Å²) in [4.78, 5) is 37.5. The summed E-state index contributed by atoms with van der Waals surface area (Å²) in [5.74, 6) is -0.451. The number of carbonyl (C=O) groups is 2. The third-order valence-corrected chi connectivity index (χ3v) is 4.19. The summed E-state index contributed by atoms with van der Waals surface area (Å²) < 4.78 is 0. The highest BCUT2D eigenvalue weighted by atomic mass is 16.6. The van der Waals surface area contributed by atoms with E-state index in [0.29, 0.717) is 11.1 Å². The molecule has 0 atom stereocenters. The van der Waals surface area contributed by atoms with E-state index in [0.717, 1.165) is 9.70 Å². The summed E-state index contributed by atoms with van der Waals surface area (Å²) in [5.41, 5.74) is 0.779. The van der Waals surface area contributed by atoms with Crippen molar-refractivity contribution in [3.05, 3.63) is 75.6 Å². The van der Waals surface area contributed by atoms with Gasteiger partial charge in [-0.1, -0.05) is 24.3 Å². The number of benzene rings is 2. The lowest BCUT2D eigenvalue weighted by molar-refractivity contribution is -0.384. The van der Waals surface area contributed by atoms with E-state index in [4.69, 9.17) is 0 Å². The largest absolute Gasteiger partial charge is 0.296 e. The molecule has 2 aromatic carbocycles. The van der Waals surface area contributed by atoms with Crippen molar-refractivity contribution in [1.82, 2.24) is 25.1 Å². The van der Waals surface area contributed by atoms with Crippen LogP contribution < -0.4 is 0 Å². The molecule has 134 valence electrons. The average molecular weight is 364 g/mol. The van der Waals surface area contributed by atoms with Crippen LogP contribution >= 0.6 is 0 Å². The highest BCUT2D eigenvalue weighted by Gasteiger charge is 2.34. The van der Waals surface area contributed by atoms with Crippen LogP contribution in [0.3, 0.4) is 0 Å². The van der Waals surface area contributed by atoms with Gasteiger partial charge in [0.2, 0.25) is 0 Å². The number of rotatable bonds is 5. The van der Waals surface area contributed by atoms with Crippen molar-refractivity contribution in [1.29, 1.82) is 0 Å². The molecule has 0 unspecified atom stereocenters. The molecule has 10 heteroatoms. The lowest BCUT2D eigenvalue weighted by atomic mass is 10.1. The van der Waals surface area contributed by atoms with Crippen LogP contribution in [0.5, 0.6) is 0 Å². The van der Waals surface area contributed by atoms with Crippen molar-refractivity contribution < 1.29 is 14.5 Å². The zero-order valence-corrected chi connectivity index (χ0v) is 13.8. The van der Waals surface area contributed by atoms with Gasteiger partial charge in [-0.2, -0.15) is 0 Å². The average Bonchev–Trinajstić information content (AvgIpc) is 3.24. The molecule has 27 heavy (non-hydrogen) atoms. The molecular formula is C17H12N6O4. The number of hydrogen-bond acceptors (Lipinski definition) is 7. The molecule has 0 N–H and O–H groups in total. The summed E-state index contributed by atoms with van der Waals surface area (Å²) in [5, 5.41) is 22.9. The van der Waals surface area contributed by atoms with Crippen LogP contribution in [0, 0.1) is 10.1 Å². The summed E-state index contributed by atoms with van der Waals surface area (Å²) in [6.45, 7) is 0.0922. The number of para-hydroxylation sites is 2. The van der Waals surface area contributed by atoms with Crippen LogP contribution in [0.15, 0.2) is 48.5 Å². The van der Waals surface area contributed by atoms with Gasteiger partial charge in [0.1, 0.15) is 0 Å². The normalized spacial score (nSPS) is 13.1. The first-order valence-corrected chi connectivity index (χ1v) is 8.04. The van der Waals surface area contributed by atoms with E-state index in [1.807, 2.05) is 0 Å². The number of hydrogen-bond donors (Lipinski definition) is 0. The quantitative estimate of drug-likeness (QED) is 0.381. The number of fused-ring (bicyclic) bond motifs is 1. The highest BCUT2D eigenvalue weighted by Crippen LogP contribution is 2.23. The lowest BCUT2D eigenvalue weighted by Gasteiger charge is -2.11. The Morgan fingerprint density at radius 3 is 2.26 bits per heavy atom. The van der Waals surface area contributed by atoms with Gasteiger partial charge in [-0.05, 0) is 23.4 Å². The SMILES string of the molecule is O=C1c2ccccc2C(=O)N1CCc1nnn(-c2ccccc2[N+](=O)[O-])n1. The van der Waals surface area contributed by atoms with Crippen molar-refractivity contribution in [2.75, 3.05) is 6.54 Å². The van der Waals surface area contributed by atoms with E-state index in [1.165, 1.54) is 12.1 Å². The third kappa shape index (κ3) is 2.82. The fraction of sp³-hybridized carbons (Fsp3) is 0.118. The fourth-order valence-electron chi connectivity index (χ4n) is 2.89. The Hall–Kier alpha value is -3.95. The lowest BCUT2D eigenvalue weighted by Crippen LogP contribution is -2.32. The zero-order valence-electron chi connectivity index (χ0n) is 13.8. The molecule has 0 aliphatic carbocycles. The predicted molar refractivity (Wildman–Crippen MR) is 91.3 cm³/mol. The van der Waals surface area contributed by atoms with Gasteiger partial charge in [-0.3, -0.25) is 24.6 Å². The third-order valence-electron chi connectivity index (χ3n) is 4.19. The van der Waals surface area contributed by atoms with Gasteiger partial charge in [0.15, 0.2) is 11.5 Å². The number of nitro benzene ring substituents is 1. The van der Waals surface area contributed by atoms with E-state index >= 15 is 0 Å². The summed E-state index contributed by atoms with van der Waals surface area (Å²) in [7, 11) is 0. The van der Waals surface area contributed by atoms with Gasteiger partial charge in [0.05, 0.1) is 16.1 Å². The summed E-state index contributed by atoms with van der Waals surface area (Å²) >= 11 is 0. The maximum Gasteiger partial charge on any atom is 0.296 e. The van der Waals surface area contributed by atoms with Crippen molar-refractivity contribution >= 4 is 17.5 Å². The highest BCUT2D eigenvalue weighted by molar-refractivity contribution is 6.21. The monoisotopic (exact) mass is 364 g/mol. The van der Waals surface area contributed by atoms with Gasteiger partial charge >= 0.3 is 0 Å². The van der Waals surface area contributed by atoms with Crippen LogP contribution in [-0.4, -0.2) is 48.4 Å². The topological polar surface area (TPSA) is 124 Å². The molecule has 0 saturated heterocycles. The molecular weight excluding hydrogens is 352 g/mol. The van der Waals surface area contributed by atoms with Gasteiger partial charge in [-0.25, -0.2) is 0 Å². The van der Waals surface area contributed by atoms with Crippen LogP contribution in [-0.2, 0) is 6.42 Å². The Morgan fingerprint density at radius 1 is 0.963 bits per heavy atom. The molecule has 10 nitrogen and oxygen atoms in total. The first-order chi connectivity index (χ1) is 13.1. The van der Waals surface area contributed by atoms with Crippen LogP contribution in [0.4, 0.5) is 5.69 Å².